The van der Waals surface area contributed by atoms with E-state index >= 15 is 0 Å². The number of halogens is 1. The summed E-state index contributed by atoms with van der Waals surface area (Å²) in [6, 6.07) is 9.81. The van der Waals surface area contributed by atoms with Gasteiger partial charge in [0.2, 0.25) is 5.91 Å². The molecular formula is C20H18BrN5O5. The van der Waals surface area contributed by atoms with Crippen LogP contribution in [0.5, 0.6) is 11.5 Å². The van der Waals surface area contributed by atoms with Gasteiger partial charge in [-0.1, -0.05) is 21.2 Å². The number of anilines is 2. The van der Waals surface area contributed by atoms with E-state index in [1.807, 2.05) is 0 Å². The van der Waals surface area contributed by atoms with Crippen molar-refractivity contribution in [3.05, 3.63) is 46.9 Å². The van der Waals surface area contributed by atoms with Gasteiger partial charge in [0.1, 0.15) is 18.0 Å². The van der Waals surface area contributed by atoms with E-state index in [-0.39, 0.29) is 6.54 Å². The number of hydrogen-bond donors (Lipinski definition) is 1. The number of hydrogen-bond acceptors (Lipinski definition) is 8. The van der Waals surface area contributed by atoms with Crippen LogP contribution < -0.4 is 19.7 Å². The van der Waals surface area contributed by atoms with Gasteiger partial charge in [-0.25, -0.2) is 4.90 Å². The lowest BCUT2D eigenvalue weighted by Crippen LogP contribution is -2.43. The van der Waals surface area contributed by atoms with Gasteiger partial charge >= 0.3 is 0 Å². The normalized spacial score (nSPS) is 19.6. The molecule has 1 N–H and O–H groups in total. The Morgan fingerprint density at radius 2 is 1.84 bits per heavy atom. The van der Waals surface area contributed by atoms with Crippen LogP contribution in [0, 0.1) is 0 Å². The zero-order chi connectivity index (χ0) is 22.1. The second-order valence-corrected chi connectivity index (χ2v) is 7.71. The summed E-state index contributed by atoms with van der Waals surface area (Å²) in [6.45, 7) is -0.257. The standard InChI is InChI=1S/C20H18BrN5O5/c1-30-13-7-8-14(15(9-13)31-2)22-16(27)10-25-18-17(23-24-25)19(28)26(20(18)29)12-5-3-11(21)4-6-12/h3-9,17-18H,10H2,1-2H3,(H,22,27)/t17-,18+/m1/s1. The largest absolute Gasteiger partial charge is 0.497 e. The molecule has 2 aromatic carbocycles. The van der Waals surface area contributed by atoms with Crippen LogP contribution in [0.25, 0.3) is 0 Å². The molecule has 1 fully saturated rings. The van der Waals surface area contributed by atoms with Crippen molar-refractivity contribution in [2.24, 2.45) is 10.3 Å². The lowest BCUT2D eigenvalue weighted by molar-refractivity contribution is -0.123. The summed E-state index contributed by atoms with van der Waals surface area (Å²) in [6.07, 6.45) is 0. The minimum atomic E-state index is -0.973. The smallest absolute Gasteiger partial charge is 0.263 e. The van der Waals surface area contributed by atoms with Crippen LogP contribution in [0.2, 0.25) is 0 Å². The predicted molar refractivity (Wildman–Crippen MR) is 114 cm³/mol. The van der Waals surface area contributed by atoms with Gasteiger partial charge in [0.25, 0.3) is 11.8 Å². The minimum absolute atomic E-state index is 0.257. The fourth-order valence-corrected chi connectivity index (χ4v) is 3.70. The first kappa shape index (κ1) is 20.8. The number of rotatable bonds is 6. The number of ether oxygens (including phenoxy) is 2. The van der Waals surface area contributed by atoms with Crippen LogP contribution in [0.4, 0.5) is 11.4 Å². The average molecular weight is 488 g/mol. The highest BCUT2D eigenvalue weighted by Gasteiger charge is 2.55. The molecule has 0 aromatic heterocycles. The number of imide groups is 1. The van der Waals surface area contributed by atoms with Crippen molar-refractivity contribution in [1.29, 1.82) is 0 Å². The van der Waals surface area contributed by atoms with Gasteiger partial charge in [-0.15, -0.1) is 0 Å². The van der Waals surface area contributed by atoms with Crippen molar-refractivity contribution in [2.75, 3.05) is 31.0 Å². The van der Waals surface area contributed by atoms with Crippen LogP contribution in [0.1, 0.15) is 0 Å². The number of methoxy groups -OCH3 is 2. The Bertz CT molecular complexity index is 1070. The number of nitrogens with one attached hydrogen (secondary N) is 1. The van der Waals surface area contributed by atoms with Crippen LogP contribution >= 0.6 is 15.9 Å². The minimum Gasteiger partial charge on any atom is -0.497 e. The van der Waals surface area contributed by atoms with Crippen molar-refractivity contribution >= 4 is 45.0 Å². The fourth-order valence-electron chi connectivity index (χ4n) is 3.44. The molecule has 0 radical (unpaired) electrons. The molecule has 10 nitrogen and oxygen atoms in total. The second kappa shape index (κ2) is 8.34. The average Bonchev–Trinajstić information content (AvgIpc) is 3.28. The first-order valence-electron chi connectivity index (χ1n) is 9.25. The lowest BCUT2D eigenvalue weighted by atomic mass is 10.1. The second-order valence-electron chi connectivity index (χ2n) is 6.79. The Morgan fingerprint density at radius 1 is 1.10 bits per heavy atom. The molecule has 0 bridgehead atoms. The van der Waals surface area contributed by atoms with Crippen LogP contribution in [0.3, 0.4) is 0 Å². The molecule has 0 saturated carbocycles. The Morgan fingerprint density at radius 3 is 2.52 bits per heavy atom. The number of nitrogens with zero attached hydrogens (tertiary/aromatic N) is 4. The third-order valence-electron chi connectivity index (χ3n) is 4.93. The van der Waals surface area contributed by atoms with Crippen molar-refractivity contribution in [1.82, 2.24) is 5.01 Å². The number of benzene rings is 2. The van der Waals surface area contributed by atoms with E-state index in [4.69, 9.17) is 9.47 Å². The highest BCUT2D eigenvalue weighted by atomic mass is 79.9. The van der Waals surface area contributed by atoms with Crippen LogP contribution in [-0.2, 0) is 14.4 Å². The molecule has 2 atom stereocenters. The summed E-state index contributed by atoms with van der Waals surface area (Å²) in [5, 5.41) is 11.8. The molecule has 160 valence electrons. The topological polar surface area (TPSA) is 113 Å². The highest BCUT2D eigenvalue weighted by molar-refractivity contribution is 9.10. The Kier molecular flexibility index (Phi) is 5.59. The van der Waals surface area contributed by atoms with Gasteiger partial charge in [-0.05, 0) is 36.4 Å². The Hall–Kier alpha value is -3.47. The summed E-state index contributed by atoms with van der Waals surface area (Å²) < 4.78 is 11.2. The summed E-state index contributed by atoms with van der Waals surface area (Å²) >= 11 is 3.32. The molecule has 11 heteroatoms. The van der Waals surface area contributed by atoms with Gasteiger partial charge in [-0.3, -0.25) is 19.4 Å². The van der Waals surface area contributed by atoms with E-state index < -0.39 is 29.8 Å². The predicted octanol–water partition coefficient (Wildman–Crippen LogP) is 2.40. The maximum Gasteiger partial charge on any atom is 0.263 e. The molecule has 0 aliphatic carbocycles. The first-order chi connectivity index (χ1) is 14.9. The number of carbonyl (C=O) groups is 3. The molecule has 0 spiro atoms. The monoisotopic (exact) mass is 487 g/mol. The zero-order valence-corrected chi connectivity index (χ0v) is 18.2. The molecule has 2 aliphatic rings. The van der Waals surface area contributed by atoms with Gasteiger partial charge < -0.3 is 14.8 Å². The van der Waals surface area contributed by atoms with Gasteiger partial charge in [0.05, 0.1) is 25.6 Å². The lowest BCUT2D eigenvalue weighted by Gasteiger charge is -2.20. The molecule has 2 aromatic rings. The van der Waals surface area contributed by atoms with E-state index in [0.29, 0.717) is 22.9 Å². The number of amides is 3. The molecule has 2 aliphatic heterocycles. The number of carbonyl (C=O) groups excluding carboxylic acids is 3. The fraction of sp³-hybridized carbons (Fsp3) is 0.250. The Labute approximate surface area is 185 Å². The van der Waals surface area contributed by atoms with Crippen molar-refractivity contribution in [3.8, 4) is 11.5 Å². The van der Waals surface area contributed by atoms with Crippen molar-refractivity contribution < 1.29 is 23.9 Å². The van der Waals surface area contributed by atoms with E-state index in [1.54, 1.807) is 42.5 Å². The van der Waals surface area contributed by atoms with Gasteiger partial charge in [-0.2, -0.15) is 5.11 Å². The molecule has 0 unspecified atom stereocenters. The third kappa shape index (κ3) is 3.83. The zero-order valence-electron chi connectivity index (χ0n) is 16.6. The molecule has 2 heterocycles. The SMILES string of the molecule is COc1ccc(NC(=O)CN2N=N[C@H]3C(=O)N(c4ccc(Br)cc4)C(=O)[C@H]32)c(OC)c1. The molecule has 31 heavy (non-hydrogen) atoms. The Balaban J connectivity index is 1.48. The third-order valence-corrected chi connectivity index (χ3v) is 5.46. The number of fused-ring (bicyclic) bond motifs is 1. The molecule has 4 rings (SSSR count). The maximum absolute atomic E-state index is 13.0. The summed E-state index contributed by atoms with van der Waals surface area (Å²) in [7, 11) is 3.00. The van der Waals surface area contributed by atoms with Crippen LogP contribution in [0.15, 0.2) is 57.3 Å². The summed E-state index contributed by atoms with van der Waals surface area (Å²) in [4.78, 5) is 39.4. The first-order valence-corrected chi connectivity index (χ1v) is 10.0. The van der Waals surface area contributed by atoms with E-state index in [9.17, 15) is 14.4 Å². The van der Waals surface area contributed by atoms with Gasteiger partial charge in [0.15, 0.2) is 12.1 Å². The highest BCUT2D eigenvalue weighted by Crippen LogP contribution is 2.33. The molecular weight excluding hydrogens is 470 g/mol. The molecule has 3 amide bonds. The van der Waals surface area contributed by atoms with Crippen LogP contribution in [-0.4, -0.2) is 55.6 Å². The van der Waals surface area contributed by atoms with E-state index in [1.165, 1.54) is 19.2 Å². The molecule has 1 saturated heterocycles. The van der Waals surface area contributed by atoms with Crippen molar-refractivity contribution in [2.45, 2.75) is 12.1 Å². The van der Waals surface area contributed by atoms with Gasteiger partial charge in [0, 0.05) is 10.5 Å². The summed E-state index contributed by atoms with van der Waals surface area (Å²) in [5.74, 6) is -0.389. The van der Waals surface area contributed by atoms with E-state index in [0.717, 1.165) is 9.37 Å². The van der Waals surface area contributed by atoms with Crippen molar-refractivity contribution in [3.63, 3.8) is 0 Å². The summed E-state index contributed by atoms with van der Waals surface area (Å²) in [5.41, 5.74) is 0.876. The van der Waals surface area contributed by atoms with E-state index in [2.05, 4.69) is 31.6 Å². The quantitative estimate of drug-likeness (QED) is 0.625. The maximum atomic E-state index is 13.0.